The van der Waals surface area contributed by atoms with Crippen LogP contribution in [-0.4, -0.2) is 44.4 Å². The van der Waals surface area contributed by atoms with Gasteiger partial charge in [0, 0.05) is 32.2 Å². The number of ether oxygens (including phenoxy) is 1. The quantitative estimate of drug-likeness (QED) is 0.684. The second-order valence-corrected chi connectivity index (χ2v) is 8.87. The van der Waals surface area contributed by atoms with Crippen molar-refractivity contribution in [3.63, 3.8) is 0 Å². The fourth-order valence-electron chi connectivity index (χ4n) is 2.51. The van der Waals surface area contributed by atoms with E-state index in [9.17, 15) is 13.2 Å². The molecular weight excluding hydrogens is 386 g/mol. The van der Waals surface area contributed by atoms with Crippen LogP contribution >= 0.6 is 11.3 Å². The van der Waals surface area contributed by atoms with Crippen molar-refractivity contribution in [1.29, 1.82) is 0 Å². The molecule has 0 saturated carbocycles. The highest BCUT2D eigenvalue weighted by atomic mass is 32.2. The summed E-state index contributed by atoms with van der Waals surface area (Å²) in [4.78, 5) is 13.3. The SMILES string of the molecule is COc1ccc(NC(=O)c2sccc2-n2cccc2)cc1S(=O)(=O)N(C)C. The van der Waals surface area contributed by atoms with Crippen LogP contribution < -0.4 is 10.1 Å². The van der Waals surface area contributed by atoms with Gasteiger partial charge in [-0.1, -0.05) is 0 Å². The fourth-order valence-corrected chi connectivity index (χ4v) is 4.37. The van der Waals surface area contributed by atoms with Gasteiger partial charge in [0.2, 0.25) is 10.0 Å². The molecule has 2 aromatic heterocycles. The topological polar surface area (TPSA) is 80.6 Å². The van der Waals surface area contributed by atoms with Gasteiger partial charge < -0.3 is 14.6 Å². The number of sulfonamides is 1. The molecule has 142 valence electrons. The summed E-state index contributed by atoms with van der Waals surface area (Å²) >= 11 is 1.31. The lowest BCUT2D eigenvalue weighted by Crippen LogP contribution is -2.23. The molecule has 0 bridgehead atoms. The minimum atomic E-state index is -3.72. The van der Waals surface area contributed by atoms with Crippen molar-refractivity contribution in [3.05, 3.63) is 59.0 Å². The van der Waals surface area contributed by atoms with Crippen molar-refractivity contribution in [2.45, 2.75) is 4.90 Å². The number of rotatable bonds is 6. The first-order valence-corrected chi connectivity index (χ1v) is 10.3. The van der Waals surface area contributed by atoms with Crippen LogP contribution in [-0.2, 0) is 10.0 Å². The first-order valence-electron chi connectivity index (χ1n) is 7.97. The lowest BCUT2D eigenvalue weighted by atomic mass is 10.3. The molecule has 0 saturated heterocycles. The van der Waals surface area contributed by atoms with Crippen molar-refractivity contribution in [2.24, 2.45) is 0 Å². The fraction of sp³-hybridized carbons (Fsp3) is 0.167. The van der Waals surface area contributed by atoms with Crippen LogP contribution in [0.4, 0.5) is 5.69 Å². The molecule has 27 heavy (non-hydrogen) atoms. The summed E-state index contributed by atoms with van der Waals surface area (Å²) < 4.78 is 33.1. The Morgan fingerprint density at radius 2 is 1.89 bits per heavy atom. The number of methoxy groups -OCH3 is 1. The summed E-state index contributed by atoms with van der Waals surface area (Å²) in [6.45, 7) is 0. The predicted octanol–water partition coefficient (Wildman–Crippen LogP) is 3.05. The van der Waals surface area contributed by atoms with Crippen molar-refractivity contribution < 1.29 is 17.9 Å². The van der Waals surface area contributed by atoms with Crippen LogP contribution in [0.3, 0.4) is 0 Å². The summed E-state index contributed by atoms with van der Waals surface area (Å²) in [5.41, 5.74) is 1.13. The van der Waals surface area contributed by atoms with Crippen LogP contribution in [0.15, 0.2) is 59.1 Å². The number of hydrogen-bond donors (Lipinski definition) is 1. The maximum Gasteiger partial charge on any atom is 0.267 e. The van der Waals surface area contributed by atoms with E-state index in [1.807, 2.05) is 40.5 Å². The zero-order valence-electron chi connectivity index (χ0n) is 15.0. The molecule has 0 aliphatic rings. The third-order valence-electron chi connectivity index (χ3n) is 3.91. The minimum Gasteiger partial charge on any atom is -0.495 e. The summed E-state index contributed by atoms with van der Waals surface area (Å²) in [6.07, 6.45) is 3.71. The van der Waals surface area contributed by atoms with Gasteiger partial charge in [-0.05, 0) is 41.8 Å². The molecule has 0 atom stereocenters. The van der Waals surface area contributed by atoms with Gasteiger partial charge >= 0.3 is 0 Å². The maximum absolute atomic E-state index is 12.7. The monoisotopic (exact) mass is 405 g/mol. The average Bonchev–Trinajstić information content (AvgIpc) is 3.32. The Morgan fingerprint density at radius 1 is 1.19 bits per heavy atom. The number of nitrogens with one attached hydrogen (secondary N) is 1. The van der Waals surface area contributed by atoms with Crippen molar-refractivity contribution >= 4 is 33.0 Å². The van der Waals surface area contributed by atoms with Gasteiger partial charge in [0.1, 0.15) is 15.5 Å². The smallest absolute Gasteiger partial charge is 0.267 e. The molecule has 7 nitrogen and oxygen atoms in total. The Hall–Kier alpha value is -2.62. The molecule has 1 N–H and O–H groups in total. The molecule has 0 fully saturated rings. The number of carbonyl (C=O) groups excluding carboxylic acids is 1. The van der Waals surface area contributed by atoms with Crippen molar-refractivity contribution in [2.75, 3.05) is 26.5 Å². The molecule has 2 heterocycles. The molecule has 0 aliphatic heterocycles. The Balaban J connectivity index is 1.93. The highest BCUT2D eigenvalue weighted by Gasteiger charge is 2.23. The molecule has 0 spiro atoms. The van der Waals surface area contributed by atoms with E-state index in [4.69, 9.17) is 4.74 Å². The zero-order chi connectivity index (χ0) is 19.6. The molecule has 3 rings (SSSR count). The first-order chi connectivity index (χ1) is 12.8. The number of benzene rings is 1. The van der Waals surface area contributed by atoms with Gasteiger partial charge in [0.15, 0.2) is 0 Å². The van der Waals surface area contributed by atoms with Crippen molar-refractivity contribution in [3.8, 4) is 11.4 Å². The van der Waals surface area contributed by atoms with Gasteiger partial charge in [0.25, 0.3) is 5.91 Å². The number of anilines is 1. The van der Waals surface area contributed by atoms with E-state index >= 15 is 0 Å². The Kier molecular flexibility index (Phi) is 5.36. The Bertz CT molecular complexity index is 1050. The molecule has 1 aromatic carbocycles. The van der Waals surface area contributed by atoms with Crippen LogP contribution in [0.1, 0.15) is 9.67 Å². The van der Waals surface area contributed by atoms with Gasteiger partial charge in [-0.2, -0.15) is 0 Å². The first kappa shape index (κ1) is 19.2. The molecule has 0 radical (unpaired) electrons. The number of thiophene rings is 1. The maximum atomic E-state index is 12.7. The van der Waals surface area contributed by atoms with E-state index in [1.54, 1.807) is 6.07 Å². The molecule has 1 amide bonds. The summed E-state index contributed by atoms with van der Waals surface area (Å²) in [5, 5.41) is 4.60. The van der Waals surface area contributed by atoms with Gasteiger partial charge in [-0.25, -0.2) is 12.7 Å². The highest BCUT2D eigenvalue weighted by Crippen LogP contribution is 2.30. The highest BCUT2D eigenvalue weighted by molar-refractivity contribution is 7.89. The number of amides is 1. The number of hydrogen-bond acceptors (Lipinski definition) is 5. The minimum absolute atomic E-state index is 0.00962. The third-order valence-corrected chi connectivity index (χ3v) is 6.65. The number of aromatic nitrogens is 1. The number of carbonyl (C=O) groups is 1. The van der Waals surface area contributed by atoms with Crippen LogP contribution in [0.2, 0.25) is 0 Å². The Morgan fingerprint density at radius 3 is 2.52 bits per heavy atom. The molecule has 9 heteroatoms. The lowest BCUT2D eigenvalue weighted by Gasteiger charge is -2.16. The molecular formula is C18H19N3O4S2. The molecule has 0 aliphatic carbocycles. The van der Waals surface area contributed by atoms with E-state index in [0.29, 0.717) is 10.6 Å². The second kappa shape index (κ2) is 7.55. The van der Waals surface area contributed by atoms with Gasteiger partial charge in [-0.3, -0.25) is 4.79 Å². The summed E-state index contributed by atoms with van der Waals surface area (Å²) in [5.74, 6) is -0.0991. The molecule has 3 aromatic rings. The van der Waals surface area contributed by atoms with E-state index in [-0.39, 0.29) is 16.6 Å². The van der Waals surface area contributed by atoms with E-state index in [2.05, 4.69) is 5.32 Å². The third kappa shape index (κ3) is 3.75. The zero-order valence-corrected chi connectivity index (χ0v) is 16.7. The average molecular weight is 406 g/mol. The van der Waals surface area contributed by atoms with Crippen molar-refractivity contribution in [1.82, 2.24) is 8.87 Å². The van der Waals surface area contributed by atoms with Crippen LogP contribution in [0.25, 0.3) is 5.69 Å². The Labute approximate surface area is 161 Å². The summed E-state index contributed by atoms with van der Waals surface area (Å²) in [6, 6.07) is 10.1. The van der Waals surface area contributed by atoms with E-state index in [1.165, 1.54) is 44.7 Å². The largest absolute Gasteiger partial charge is 0.495 e. The standard InChI is InChI=1S/C18H19N3O4S2/c1-20(2)27(23,24)16-12-13(6-7-15(16)25-3)19-18(22)17-14(8-11-26-17)21-9-4-5-10-21/h4-12H,1-3H3,(H,19,22). The predicted molar refractivity (Wildman–Crippen MR) is 105 cm³/mol. The van der Waals surface area contributed by atoms with Gasteiger partial charge in [0.05, 0.1) is 12.8 Å². The van der Waals surface area contributed by atoms with E-state index in [0.717, 1.165) is 9.99 Å². The second-order valence-electron chi connectivity index (χ2n) is 5.83. The summed E-state index contributed by atoms with van der Waals surface area (Å²) in [7, 11) is 0.559. The van der Waals surface area contributed by atoms with Gasteiger partial charge in [-0.15, -0.1) is 11.3 Å². The van der Waals surface area contributed by atoms with Crippen LogP contribution in [0, 0.1) is 0 Å². The number of nitrogens with zero attached hydrogens (tertiary/aromatic N) is 2. The lowest BCUT2D eigenvalue weighted by molar-refractivity contribution is 0.103. The molecule has 0 unspecified atom stereocenters. The van der Waals surface area contributed by atoms with Crippen LogP contribution in [0.5, 0.6) is 5.75 Å². The van der Waals surface area contributed by atoms with E-state index < -0.39 is 10.0 Å². The normalized spacial score (nSPS) is 11.6.